The second-order valence-electron chi connectivity index (χ2n) is 8.56. The van der Waals surface area contributed by atoms with E-state index in [0.717, 1.165) is 42.6 Å². The van der Waals surface area contributed by atoms with Crippen LogP contribution in [0.3, 0.4) is 0 Å². The standard InChI is InChI=1S/C27H25FN4O3/c28-23-13-20(5-6-22(23)27(29)33)25-26(19-3-1-18(2-4-19)21-9-12-34-16-21)32-24(14-31-25)35-15-17-7-10-30-11-8-17/h1-6,9,12-14,16-17,30H,7-8,10-11,15H2,(H2,29,33). The second kappa shape index (κ2) is 10.1. The highest BCUT2D eigenvalue weighted by Gasteiger charge is 2.18. The van der Waals surface area contributed by atoms with Crippen LogP contribution < -0.4 is 15.8 Å². The van der Waals surface area contributed by atoms with Gasteiger partial charge in [-0.05, 0) is 55.6 Å². The number of halogens is 1. The van der Waals surface area contributed by atoms with Crippen LogP contribution in [-0.4, -0.2) is 35.6 Å². The van der Waals surface area contributed by atoms with Crippen LogP contribution in [0.2, 0.25) is 0 Å². The van der Waals surface area contributed by atoms with Crippen molar-refractivity contribution >= 4 is 5.91 Å². The maximum absolute atomic E-state index is 14.5. The van der Waals surface area contributed by atoms with Crippen LogP contribution in [0.5, 0.6) is 5.88 Å². The summed E-state index contributed by atoms with van der Waals surface area (Å²) in [5.41, 5.74) is 9.36. The maximum Gasteiger partial charge on any atom is 0.251 e. The molecule has 2 aromatic carbocycles. The van der Waals surface area contributed by atoms with Gasteiger partial charge < -0.3 is 20.2 Å². The third-order valence-electron chi connectivity index (χ3n) is 6.20. The van der Waals surface area contributed by atoms with Gasteiger partial charge >= 0.3 is 0 Å². The zero-order valence-corrected chi connectivity index (χ0v) is 19.0. The molecule has 35 heavy (non-hydrogen) atoms. The number of amides is 1. The van der Waals surface area contributed by atoms with Crippen LogP contribution >= 0.6 is 0 Å². The van der Waals surface area contributed by atoms with Gasteiger partial charge in [0, 0.05) is 16.7 Å². The van der Waals surface area contributed by atoms with Crippen LogP contribution in [0.4, 0.5) is 4.39 Å². The van der Waals surface area contributed by atoms with Crippen LogP contribution in [0.1, 0.15) is 23.2 Å². The summed E-state index contributed by atoms with van der Waals surface area (Å²) in [6.45, 7) is 2.54. The smallest absolute Gasteiger partial charge is 0.251 e. The number of hydrogen-bond donors (Lipinski definition) is 2. The summed E-state index contributed by atoms with van der Waals surface area (Å²) in [5.74, 6) is -0.651. The Morgan fingerprint density at radius 2 is 1.77 bits per heavy atom. The number of carbonyl (C=O) groups excluding carboxylic acids is 1. The number of nitrogens with one attached hydrogen (secondary N) is 1. The van der Waals surface area contributed by atoms with Crippen molar-refractivity contribution in [2.45, 2.75) is 12.8 Å². The van der Waals surface area contributed by atoms with Gasteiger partial charge in [0.15, 0.2) is 0 Å². The number of furan rings is 1. The molecule has 1 aliphatic heterocycles. The Labute approximate surface area is 202 Å². The fourth-order valence-corrected chi connectivity index (χ4v) is 4.22. The van der Waals surface area contributed by atoms with Gasteiger partial charge in [-0.2, -0.15) is 0 Å². The molecule has 0 atom stereocenters. The summed E-state index contributed by atoms with van der Waals surface area (Å²) in [6.07, 6.45) is 6.97. The van der Waals surface area contributed by atoms with Crippen molar-refractivity contribution < 1.29 is 18.3 Å². The van der Waals surface area contributed by atoms with Crippen molar-refractivity contribution in [3.05, 3.63) is 78.6 Å². The predicted molar refractivity (Wildman–Crippen MR) is 130 cm³/mol. The van der Waals surface area contributed by atoms with Crippen molar-refractivity contribution in [1.82, 2.24) is 15.3 Å². The highest BCUT2D eigenvalue weighted by atomic mass is 19.1. The Kier molecular flexibility index (Phi) is 6.54. The molecule has 3 heterocycles. The topological polar surface area (TPSA) is 103 Å². The lowest BCUT2D eigenvalue weighted by Gasteiger charge is -2.22. The Balaban J connectivity index is 1.50. The lowest BCUT2D eigenvalue weighted by atomic mass is 9.99. The van der Waals surface area contributed by atoms with Crippen molar-refractivity contribution in [2.75, 3.05) is 19.7 Å². The van der Waals surface area contributed by atoms with Crippen molar-refractivity contribution in [2.24, 2.45) is 11.7 Å². The molecule has 178 valence electrons. The first-order valence-electron chi connectivity index (χ1n) is 11.5. The fraction of sp³-hybridized carbons (Fsp3) is 0.222. The first kappa shape index (κ1) is 22.7. The Hall–Kier alpha value is -4.04. The first-order chi connectivity index (χ1) is 17.1. The van der Waals surface area contributed by atoms with E-state index in [-0.39, 0.29) is 5.56 Å². The minimum atomic E-state index is -0.822. The second-order valence-corrected chi connectivity index (χ2v) is 8.56. The fourth-order valence-electron chi connectivity index (χ4n) is 4.22. The average Bonchev–Trinajstić information content (AvgIpc) is 3.43. The average molecular weight is 473 g/mol. The van der Waals surface area contributed by atoms with Gasteiger partial charge in [-0.25, -0.2) is 14.4 Å². The molecule has 1 fully saturated rings. The van der Waals surface area contributed by atoms with E-state index in [1.54, 1.807) is 24.8 Å². The molecule has 8 heteroatoms. The molecule has 5 rings (SSSR count). The summed E-state index contributed by atoms with van der Waals surface area (Å²) in [4.78, 5) is 20.8. The Bertz CT molecular complexity index is 1320. The molecular weight excluding hydrogens is 447 g/mol. The lowest BCUT2D eigenvalue weighted by Crippen LogP contribution is -2.30. The lowest BCUT2D eigenvalue weighted by molar-refractivity contribution is 0.0996. The van der Waals surface area contributed by atoms with Gasteiger partial charge in [0.25, 0.3) is 5.91 Å². The number of nitrogens with zero attached hydrogens (tertiary/aromatic N) is 2. The molecule has 0 radical (unpaired) electrons. The molecule has 4 aromatic rings. The summed E-state index contributed by atoms with van der Waals surface area (Å²) >= 11 is 0. The van der Waals surface area contributed by atoms with Gasteiger partial charge in [0.05, 0.1) is 36.6 Å². The van der Waals surface area contributed by atoms with Gasteiger partial charge in [-0.15, -0.1) is 0 Å². The van der Waals surface area contributed by atoms with Crippen LogP contribution in [0.25, 0.3) is 33.6 Å². The van der Waals surface area contributed by atoms with Crippen molar-refractivity contribution in [3.63, 3.8) is 0 Å². The number of rotatable bonds is 7. The van der Waals surface area contributed by atoms with E-state index in [1.807, 2.05) is 30.3 Å². The SMILES string of the molecule is NC(=O)c1ccc(-c2ncc(OCC3CCNCC3)nc2-c2ccc(-c3ccoc3)cc2)cc1F. The Morgan fingerprint density at radius 1 is 1.03 bits per heavy atom. The van der Waals surface area contributed by atoms with Crippen LogP contribution in [0, 0.1) is 11.7 Å². The van der Waals surface area contributed by atoms with Gasteiger partial charge in [0.2, 0.25) is 5.88 Å². The number of nitrogens with two attached hydrogens (primary N) is 1. The number of piperidine rings is 1. The number of ether oxygens (including phenoxy) is 1. The Morgan fingerprint density at radius 3 is 2.46 bits per heavy atom. The molecule has 7 nitrogen and oxygen atoms in total. The van der Waals surface area contributed by atoms with Gasteiger partial charge in [-0.3, -0.25) is 4.79 Å². The van der Waals surface area contributed by atoms with E-state index in [0.29, 0.717) is 35.4 Å². The highest BCUT2D eigenvalue weighted by molar-refractivity contribution is 5.94. The molecule has 0 saturated carbocycles. The molecule has 0 unspecified atom stereocenters. The van der Waals surface area contributed by atoms with Crippen molar-refractivity contribution in [3.8, 4) is 39.5 Å². The normalized spacial score (nSPS) is 14.1. The highest BCUT2D eigenvalue weighted by Crippen LogP contribution is 2.33. The monoisotopic (exact) mass is 472 g/mol. The maximum atomic E-state index is 14.5. The minimum absolute atomic E-state index is 0.172. The quantitative estimate of drug-likeness (QED) is 0.405. The predicted octanol–water partition coefficient (Wildman–Crippen LogP) is 4.69. The van der Waals surface area contributed by atoms with Gasteiger partial charge in [-0.1, -0.05) is 30.3 Å². The molecule has 0 spiro atoms. The number of carbonyl (C=O) groups is 1. The van der Waals surface area contributed by atoms with E-state index < -0.39 is 11.7 Å². The van der Waals surface area contributed by atoms with E-state index >= 15 is 0 Å². The molecule has 1 amide bonds. The number of hydrogen-bond acceptors (Lipinski definition) is 6. The largest absolute Gasteiger partial charge is 0.476 e. The molecule has 0 aliphatic carbocycles. The minimum Gasteiger partial charge on any atom is -0.476 e. The van der Waals surface area contributed by atoms with E-state index in [4.69, 9.17) is 19.9 Å². The zero-order valence-electron chi connectivity index (χ0n) is 19.0. The van der Waals surface area contributed by atoms with E-state index in [9.17, 15) is 9.18 Å². The summed E-state index contributed by atoms with van der Waals surface area (Å²) in [5, 5.41) is 3.35. The van der Waals surface area contributed by atoms with Crippen LogP contribution in [-0.2, 0) is 0 Å². The number of aromatic nitrogens is 2. The zero-order chi connectivity index (χ0) is 24.2. The molecule has 0 bridgehead atoms. The van der Waals surface area contributed by atoms with Crippen LogP contribution in [0.15, 0.2) is 71.7 Å². The molecule has 2 aromatic heterocycles. The third-order valence-corrected chi connectivity index (χ3v) is 6.20. The summed E-state index contributed by atoms with van der Waals surface area (Å²) < 4.78 is 25.7. The van der Waals surface area contributed by atoms with Gasteiger partial charge in [0.1, 0.15) is 11.5 Å². The molecular formula is C27H25FN4O3. The number of primary amides is 1. The molecule has 1 aliphatic rings. The third kappa shape index (κ3) is 5.07. The summed E-state index contributed by atoms with van der Waals surface area (Å²) in [7, 11) is 0. The molecule has 3 N–H and O–H groups in total. The van der Waals surface area contributed by atoms with E-state index in [2.05, 4.69) is 10.3 Å². The molecule has 1 saturated heterocycles. The number of benzene rings is 2. The first-order valence-corrected chi connectivity index (χ1v) is 11.5. The summed E-state index contributed by atoms with van der Waals surface area (Å²) in [6, 6.07) is 13.9. The van der Waals surface area contributed by atoms with Crippen molar-refractivity contribution in [1.29, 1.82) is 0 Å². The van der Waals surface area contributed by atoms with E-state index in [1.165, 1.54) is 12.1 Å².